The van der Waals surface area contributed by atoms with Crippen LogP contribution < -0.4 is 15.7 Å². The van der Waals surface area contributed by atoms with Crippen LogP contribution in [0.15, 0.2) is 64.5 Å². The van der Waals surface area contributed by atoms with Gasteiger partial charge in [0.15, 0.2) is 0 Å². The lowest BCUT2D eigenvalue weighted by Gasteiger charge is -2.15. The molecule has 8 heteroatoms. The van der Waals surface area contributed by atoms with Gasteiger partial charge in [0, 0.05) is 0 Å². The number of H-pyrrole nitrogens is 1. The third-order valence-electron chi connectivity index (χ3n) is 5.61. The second-order valence-electron chi connectivity index (χ2n) is 7.88. The molecule has 0 saturated heterocycles. The zero-order valence-electron chi connectivity index (χ0n) is 17.8. The molecule has 0 radical (unpaired) electrons. The second-order valence-corrected chi connectivity index (χ2v) is 7.88. The molecule has 8 nitrogen and oxygen atoms in total. The Morgan fingerprint density at radius 1 is 1.12 bits per heavy atom. The van der Waals surface area contributed by atoms with E-state index in [-0.39, 0.29) is 17.5 Å². The molecule has 4 aromatic rings. The number of hydrazone groups is 1. The Bertz CT molecular complexity index is 1320. The van der Waals surface area contributed by atoms with E-state index in [2.05, 4.69) is 20.5 Å². The summed E-state index contributed by atoms with van der Waals surface area (Å²) in [7, 11) is 0. The van der Waals surface area contributed by atoms with E-state index in [0.717, 1.165) is 29.8 Å². The third-order valence-corrected chi connectivity index (χ3v) is 5.61. The molecule has 1 aliphatic carbocycles. The number of nitrogens with one attached hydrogen (secondary N) is 2. The van der Waals surface area contributed by atoms with Gasteiger partial charge in [0.1, 0.15) is 6.10 Å². The molecular formula is C24H24N6O2. The molecule has 0 aliphatic heterocycles. The number of hydrogen-bond acceptors (Lipinski definition) is 6. The quantitative estimate of drug-likeness (QED) is 0.355. The van der Waals surface area contributed by atoms with Crippen molar-refractivity contribution in [3.8, 4) is 11.6 Å². The molecule has 0 spiro atoms. The molecule has 1 saturated carbocycles. The molecule has 2 aromatic heterocycles. The summed E-state index contributed by atoms with van der Waals surface area (Å²) in [5.41, 5.74) is 6.28. The maximum atomic E-state index is 12.3. The first-order chi connectivity index (χ1) is 15.7. The molecule has 32 heavy (non-hydrogen) atoms. The Labute approximate surface area is 185 Å². The zero-order chi connectivity index (χ0) is 21.9. The Hall–Kier alpha value is -3.94. The lowest BCUT2D eigenvalue weighted by atomic mass is 10.2. The molecular weight excluding hydrogens is 404 g/mol. The fraction of sp³-hybridized carbons (Fsp3) is 0.250. The number of hydrogen-bond donors (Lipinski definition) is 2. The van der Waals surface area contributed by atoms with Crippen LogP contribution in [-0.2, 0) is 0 Å². The molecule has 0 amide bonds. The number of nitrogens with zero attached hydrogens (tertiary/aromatic N) is 4. The van der Waals surface area contributed by atoms with Crippen LogP contribution in [0.2, 0.25) is 0 Å². The van der Waals surface area contributed by atoms with Gasteiger partial charge in [-0.1, -0.05) is 30.3 Å². The van der Waals surface area contributed by atoms with E-state index in [1.165, 1.54) is 12.8 Å². The van der Waals surface area contributed by atoms with Crippen molar-refractivity contribution in [1.29, 1.82) is 0 Å². The van der Waals surface area contributed by atoms with Gasteiger partial charge in [0.05, 0.1) is 34.2 Å². The second kappa shape index (κ2) is 8.66. The number of ether oxygens (including phenoxy) is 1. The summed E-state index contributed by atoms with van der Waals surface area (Å²) in [6.07, 6.45) is 6.21. The van der Waals surface area contributed by atoms with E-state index in [1.54, 1.807) is 6.21 Å². The fourth-order valence-corrected chi connectivity index (χ4v) is 3.95. The van der Waals surface area contributed by atoms with Gasteiger partial charge < -0.3 is 9.72 Å². The number of rotatable bonds is 6. The van der Waals surface area contributed by atoms with Crippen molar-refractivity contribution in [3.05, 3.63) is 76.2 Å². The first kappa shape index (κ1) is 20.0. The van der Waals surface area contributed by atoms with Gasteiger partial charge in [-0.15, -0.1) is 0 Å². The highest BCUT2D eigenvalue weighted by Crippen LogP contribution is 2.30. The van der Waals surface area contributed by atoms with Crippen LogP contribution >= 0.6 is 0 Å². The smallest absolute Gasteiger partial charge is 0.293 e. The number of aromatic nitrogens is 4. The van der Waals surface area contributed by atoms with E-state index >= 15 is 0 Å². The van der Waals surface area contributed by atoms with Crippen LogP contribution in [0.25, 0.3) is 16.7 Å². The fourth-order valence-electron chi connectivity index (χ4n) is 3.95. The first-order valence-electron chi connectivity index (χ1n) is 10.8. The maximum absolute atomic E-state index is 12.3. The average Bonchev–Trinajstić information content (AvgIpc) is 3.43. The summed E-state index contributed by atoms with van der Waals surface area (Å²) < 4.78 is 8.21. The summed E-state index contributed by atoms with van der Waals surface area (Å²) >= 11 is 0. The van der Waals surface area contributed by atoms with Gasteiger partial charge in [-0.2, -0.15) is 10.2 Å². The van der Waals surface area contributed by atoms with E-state index in [1.807, 2.05) is 66.2 Å². The molecule has 2 aromatic carbocycles. The van der Waals surface area contributed by atoms with Crippen molar-refractivity contribution in [2.45, 2.75) is 38.7 Å². The lowest BCUT2D eigenvalue weighted by molar-refractivity contribution is 0.195. The molecule has 1 aliphatic rings. The summed E-state index contributed by atoms with van der Waals surface area (Å²) in [6, 6.07) is 17.3. The minimum atomic E-state index is -0.333. The number of para-hydroxylation sites is 3. The normalized spacial score (nSPS) is 14.4. The average molecular weight is 428 g/mol. The molecule has 2 N–H and O–H groups in total. The van der Waals surface area contributed by atoms with Crippen LogP contribution in [0, 0.1) is 6.92 Å². The van der Waals surface area contributed by atoms with Crippen LogP contribution in [-0.4, -0.2) is 32.1 Å². The van der Waals surface area contributed by atoms with Crippen molar-refractivity contribution in [3.63, 3.8) is 0 Å². The van der Waals surface area contributed by atoms with Gasteiger partial charge >= 0.3 is 0 Å². The van der Waals surface area contributed by atoms with E-state index in [0.29, 0.717) is 16.9 Å². The molecule has 162 valence electrons. The third kappa shape index (κ3) is 3.99. The molecule has 0 atom stereocenters. The van der Waals surface area contributed by atoms with Crippen molar-refractivity contribution < 1.29 is 4.74 Å². The molecule has 2 heterocycles. The standard InChI is InChI=1S/C24H24N6O2/c1-16-19(15-25-28-22-23(31)27-21-14-8-7-13-20(21)26-22)24(32-18-11-5-6-12-18)30(29-16)17-9-3-2-4-10-17/h2-4,7-10,13-15,18H,5-6,11-12H2,1H3,(H,26,28)(H,27,31)/b25-15+. The molecule has 1 fully saturated rings. The van der Waals surface area contributed by atoms with Crippen molar-refractivity contribution in [2.24, 2.45) is 5.10 Å². The Morgan fingerprint density at radius 2 is 1.88 bits per heavy atom. The maximum Gasteiger partial charge on any atom is 0.293 e. The number of anilines is 1. The number of benzene rings is 2. The van der Waals surface area contributed by atoms with E-state index in [4.69, 9.17) is 9.84 Å². The minimum absolute atomic E-state index is 0.131. The Kier molecular flexibility index (Phi) is 5.41. The topological polar surface area (TPSA) is 97.2 Å². The summed E-state index contributed by atoms with van der Waals surface area (Å²) in [6.45, 7) is 1.92. The SMILES string of the molecule is Cc1nn(-c2ccccc2)c(OC2CCCC2)c1/C=N/Nc1nc2ccccc2[nH]c1=O. The lowest BCUT2D eigenvalue weighted by Crippen LogP contribution is -2.15. The summed E-state index contributed by atoms with van der Waals surface area (Å²) in [5, 5.41) is 8.99. The number of aryl methyl sites for hydroxylation is 1. The molecule has 0 bridgehead atoms. The highest BCUT2D eigenvalue weighted by atomic mass is 16.5. The largest absolute Gasteiger partial charge is 0.474 e. The van der Waals surface area contributed by atoms with Crippen molar-refractivity contribution in [1.82, 2.24) is 19.7 Å². The van der Waals surface area contributed by atoms with Gasteiger partial charge in [-0.25, -0.2) is 9.67 Å². The summed E-state index contributed by atoms with van der Waals surface area (Å²) in [4.78, 5) is 19.5. The van der Waals surface area contributed by atoms with E-state index < -0.39 is 0 Å². The van der Waals surface area contributed by atoms with Gasteiger partial charge in [-0.05, 0) is 56.9 Å². The van der Waals surface area contributed by atoms with Gasteiger partial charge in [-0.3, -0.25) is 10.2 Å². The molecule has 0 unspecified atom stereocenters. The summed E-state index contributed by atoms with van der Waals surface area (Å²) in [5.74, 6) is 0.790. The highest BCUT2D eigenvalue weighted by Gasteiger charge is 2.23. The monoisotopic (exact) mass is 428 g/mol. The zero-order valence-corrected chi connectivity index (χ0v) is 17.8. The van der Waals surface area contributed by atoms with Crippen LogP contribution in [0.4, 0.5) is 5.82 Å². The van der Waals surface area contributed by atoms with Gasteiger partial charge in [0.25, 0.3) is 5.56 Å². The predicted octanol–water partition coefficient (Wildman–Crippen LogP) is 4.18. The minimum Gasteiger partial charge on any atom is -0.474 e. The van der Waals surface area contributed by atoms with E-state index in [9.17, 15) is 4.79 Å². The first-order valence-corrected chi connectivity index (χ1v) is 10.8. The predicted molar refractivity (Wildman–Crippen MR) is 125 cm³/mol. The molecule has 5 rings (SSSR count). The number of aromatic amines is 1. The van der Waals surface area contributed by atoms with Crippen molar-refractivity contribution >= 4 is 23.1 Å². The van der Waals surface area contributed by atoms with Crippen LogP contribution in [0.3, 0.4) is 0 Å². The van der Waals surface area contributed by atoms with Crippen LogP contribution in [0.1, 0.15) is 36.9 Å². The Morgan fingerprint density at radius 3 is 2.69 bits per heavy atom. The highest BCUT2D eigenvalue weighted by molar-refractivity contribution is 5.85. The number of fused-ring (bicyclic) bond motifs is 1. The van der Waals surface area contributed by atoms with Crippen molar-refractivity contribution in [2.75, 3.05) is 5.43 Å². The van der Waals surface area contributed by atoms with Crippen LogP contribution in [0.5, 0.6) is 5.88 Å². The Balaban J connectivity index is 1.47. The van der Waals surface area contributed by atoms with Gasteiger partial charge in [0.2, 0.25) is 11.7 Å².